The molecular weight excluding hydrogens is 249 g/mol. The summed E-state index contributed by atoms with van der Waals surface area (Å²) in [4.78, 5) is 28.8. The first kappa shape index (κ1) is 11.9. The third kappa shape index (κ3) is 2.77. The molecule has 9 nitrogen and oxygen atoms in total. The average molecular weight is 259 g/mol. The Kier molecular flexibility index (Phi) is 3.07. The van der Waals surface area contributed by atoms with E-state index in [0.717, 1.165) is 0 Å². The van der Waals surface area contributed by atoms with Gasteiger partial charge in [-0.25, -0.2) is 19.5 Å². The maximum atomic E-state index is 10.5. The molecule has 0 spiro atoms. The molecule has 0 saturated carbocycles. The molecular formula is C7H10N5O4P. The summed E-state index contributed by atoms with van der Waals surface area (Å²) in [5.41, 5.74) is 6.53. The number of hydrogen-bond acceptors (Lipinski definition) is 6. The SMILES string of the molecule is Nc1ncnc2c1ncn2CCOP(=O)(O)O. The fourth-order valence-corrected chi connectivity index (χ4v) is 1.64. The van der Waals surface area contributed by atoms with Crippen molar-refractivity contribution in [2.24, 2.45) is 0 Å². The minimum atomic E-state index is -4.45. The van der Waals surface area contributed by atoms with Crippen molar-refractivity contribution in [2.75, 3.05) is 12.3 Å². The maximum absolute atomic E-state index is 10.5. The number of hydrogen-bond donors (Lipinski definition) is 3. The van der Waals surface area contributed by atoms with E-state index in [-0.39, 0.29) is 19.0 Å². The lowest BCUT2D eigenvalue weighted by molar-refractivity contribution is 0.191. The van der Waals surface area contributed by atoms with Gasteiger partial charge >= 0.3 is 7.82 Å². The summed E-state index contributed by atoms with van der Waals surface area (Å²) >= 11 is 0. The van der Waals surface area contributed by atoms with Gasteiger partial charge in [0.25, 0.3) is 0 Å². The van der Waals surface area contributed by atoms with Gasteiger partial charge in [0.1, 0.15) is 11.8 Å². The Morgan fingerprint density at radius 3 is 2.88 bits per heavy atom. The van der Waals surface area contributed by atoms with E-state index in [1.54, 1.807) is 4.57 Å². The second-order valence-corrected chi connectivity index (χ2v) is 4.43. The van der Waals surface area contributed by atoms with E-state index in [1.807, 2.05) is 0 Å². The molecule has 0 aliphatic heterocycles. The fraction of sp³-hybridized carbons (Fsp3) is 0.286. The lowest BCUT2D eigenvalue weighted by Gasteiger charge is -2.06. The summed E-state index contributed by atoms with van der Waals surface area (Å²) in [5, 5.41) is 0. The van der Waals surface area contributed by atoms with Crippen molar-refractivity contribution in [3.05, 3.63) is 12.7 Å². The van der Waals surface area contributed by atoms with Gasteiger partial charge in [-0.3, -0.25) is 4.52 Å². The van der Waals surface area contributed by atoms with Gasteiger partial charge in [-0.1, -0.05) is 0 Å². The molecule has 0 aromatic carbocycles. The Morgan fingerprint density at radius 1 is 1.41 bits per heavy atom. The Balaban J connectivity index is 2.15. The molecule has 0 saturated heterocycles. The first-order chi connectivity index (χ1) is 7.97. The van der Waals surface area contributed by atoms with Crippen molar-refractivity contribution in [1.29, 1.82) is 0 Å². The van der Waals surface area contributed by atoms with Crippen LogP contribution in [0.4, 0.5) is 5.82 Å². The zero-order valence-electron chi connectivity index (χ0n) is 8.59. The number of aromatic nitrogens is 4. The number of anilines is 1. The van der Waals surface area contributed by atoms with Gasteiger partial charge in [-0.15, -0.1) is 0 Å². The van der Waals surface area contributed by atoms with Crippen LogP contribution in [0.5, 0.6) is 0 Å². The molecule has 2 aromatic rings. The van der Waals surface area contributed by atoms with Crippen molar-refractivity contribution >= 4 is 24.8 Å². The predicted octanol–water partition coefficient (Wildman–Crippen LogP) is -0.482. The second kappa shape index (κ2) is 4.38. The van der Waals surface area contributed by atoms with E-state index in [9.17, 15) is 4.57 Å². The van der Waals surface area contributed by atoms with Gasteiger partial charge in [0.2, 0.25) is 0 Å². The lowest BCUT2D eigenvalue weighted by Crippen LogP contribution is -2.05. The molecule has 2 aromatic heterocycles. The number of imidazole rings is 1. The van der Waals surface area contributed by atoms with Gasteiger partial charge < -0.3 is 20.1 Å². The van der Waals surface area contributed by atoms with Gasteiger partial charge in [0.05, 0.1) is 12.9 Å². The molecule has 2 heterocycles. The van der Waals surface area contributed by atoms with E-state index in [2.05, 4.69) is 19.5 Å². The standard InChI is InChI=1S/C7H10N5O4P/c8-6-5-7(10-3-9-6)12(4-11-5)1-2-16-17(13,14)15/h3-4H,1-2H2,(H2,8,9,10)(H2,13,14,15). The highest BCUT2D eigenvalue weighted by Gasteiger charge is 2.14. The number of fused-ring (bicyclic) bond motifs is 1. The largest absolute Gasteiger partial charge is 0.469 e. The molecule has 0 aliphatic carbocycles. The van der Waals surface area contributed by atoms with Crippen LogP contribution in [0.3, 0.4) is 0 Å². The normalized spacial score (nSPS) is 12.1. The molecule has 92 valence electrons. The van der Waals surface area contributed by atoms with Gasteiger partial charge in [0, 0.05) is 6.54 Å². The van der Waals surface area contributed by atoms with E-state index in [1.165, 1.54) is 12.7 Å². The van der Waals surface area contributed by atoms with E-state index in [4.69, 9.17) is 15.5 Å². The molecule has 0 bridgehead atoms. The average Bonchev–Trinajstić information content (AvgIpc) is 2.61. The Morgan fingerprint density at radius 2 is 2.18 bits per heavy atom. The first-order valence-corrected chi connectivity index (χ1v) is 6.12. The molecule has 0 fully saturated rings. The van der Waals surface area contributed by atoms with Crippen LogP contribution in [0.25, 0.3) is 11.2 Å². The Labute approximate surface area is 95.5 Å². The summed E-state index contributed by atoms with van der Waals surface area (Å²) in [6, 6.07) is 0. The van der Waals surface area contributed by atoms with Gasteiger partial charge in [-0.2, -0.15) is 0 Å². The quantitative estimate of drug-likeness (QED) is 0.626. The van der Waals surface area contributed by atoms with Crippen LogP contribution < -0.4 is 5.73 Å². The smallest absolute Gasteiger partial charge is 0.382 e. The van der Waals surface area contributed by atoms with Crippen molar-refractivity contribution < 1.29 is 18.9 Å². The monoisotopic (exact) mass is 259 g/mol. The highest BCUT2D eigenvalue weighted by Crippen LogP contribution is 2.35. The summed E-state index contributed by atoms with van der Waals surface area (Å²) in [6.45, 7) is 0.0533. The fourth-order valence-electron chi connectivity index (χ4n) is 1.32. The van der Waals surface area contributed by atoms with E-state index in [0.29, 0.717) is 11.2 Å². The molecule has 4 N–H and O–H groups in total. The van der Waals surface area contributed by atoms with Crippen LogP contribution >= 0.6 is 7.82 Å². The summed E-state index contributed by atoms with van der Waals surface area (Å²) in [5.74, 6) is 0.254. The molecule has 10 heteroatoms. The van der Waals surface area contributed by atoms with Crippen LogP contribution in [-0.4, -0.2) is 35.9 Å². The van der Waals surface area contributed by atoms with Gasteiger partial charge in [0.15, 0.2) is 11.5 Å². The molecule has 2 rings (SSSR count). The summed E-state index contributed by atoms with van der Waals surface area (Å²) in [7, 11) is -4.45. The highest BCUT2D eigenvalue weighted by molar-refractivity contribution is 7.46. The van der Waals surface area contributed by atoms with Crippen molar-refractivity contribution in [1.82, 2.24) is 19.5 Å². The minimum Gasteiger partial charge on any atom is -0.382 e. The van der Waals surface area contributed by atoms with Crippen LogP contribution in [0.1, 0.15) is 0 Å². The van der Waals surface area contributed by atoms with Crippen LogP contribution in [-0.2, 0) is 15.6 Å². The number of nitrogens with two attached hydrogens (primary N) is 1. The molecule has 0 amide bonds. The third-order valence-corrected chi connectivity index (χ3v) is 2.54. The number of phosphoric acid groups is 1. The maximum Gasteiger partial charge on any atom is 0.469 e. The number of nitrogen functional groups attached to an aromatic ring is 1. The molecule has 0 aliphatic rings. The number of nitrogens with zero attached hydrogens (tertiary/aromatic N) is 4. The van der Waals surface area contributed by atoms with Crippen LogP contribution in [0.2, 0.25) is 0 Å². The third-order valence-electron chi connectivity index (χ3n) is 2.02. The van der Waals surface area contributed by atoms with Crippen molar-refractivity contribution in [3.63, 3.8) is 0 Å². The summed E-state index contributed by atoms with van der Waals surface area (Å²) < 4.78 is 16.4. The Hall–Kier alpha value is -1.54. The minimum absolute atomic E-state index is 0.153. The lowest BCUT2D eigenvalue weighted by atomic mass is 10.5. The van der Waals surface area contributed by atoms with Crippen molar-refractivity contribution in [3.8, 4) is 0 Å². The first-order valence-electron chi connectivity index (χ1n) is 4.59. The van der Waals surface area contributed by atoms with Gasteiger partial charge in [-0.05, 0) is 0 Å². The zero-order valence-corrected chi connectivity index (χ0v) is 9.49. The number of phosphoric ester groups is 1. The van der Waals surface area contributed by atoms with Crippen LogP contribution in [0.15, 0.2) is 12.7 Å². The highest BCUT2D eigenvalue weighted by atomic mass is 31.2. The van der Waals surface area contributed by atoms with E-state index < -0.39 is 7.82 Å². The molecule has 0 atom stereocenters. The zero-order chi connectivity index (χ0) is 12.5. The molecule has 17 heavy (non-hydrogen) atoms. The molecule has 0 radical (unpaired) electrons. The topological polar surface area (TPSA) is 136 Å². The summed E-state index contributed by atoms with van der Waals surface area (Å²) in [6.07, 6.45) is 2.75. The van der Waals surface area contributed by atoms with Crippen molar-refractivity contribution in [2.45, 2.75) is 6.54 Å². The predicted molar refractivity (Wildman–Crippen MR) is 57.7 cm³/mol. The second-order valence-electron chi connectivity index (χ2n) is 3.19. The Bertz CT molecular complexity index is 579. The molecule has 0 unspecified atom stereocenters. The number of rotatable bonds is 4. The van der Waals surface area contributed by atoms with Crippen LogP contribution in [0, 0.1) is 0 Å². The van der Waals surface area contributed by atoms with E-state index >= 15 is 0 Å².